The molecule has 39 heavy (non-hydrogen) atoms. The van der Waals surface area contributed by atoms with E-state index in [1.807, 2.05) is 65.7 Å². The Morgan fingerprint density at radius 1 is 1.10 bits per heavy atom. The van der Waals surface area contributed by atoms with Crippen molar-refractivity contribution in [1.29, 1.82) is 0 Å². The first-order chi connectivity index (χ1) is 18.4. The predicted octanol–water partition coefficient (Wildman–Crippen LogP) is 5.39. The number of amides is 1. The minimum Gasteiger partial charge on any atom is -0.462 e. The van der Waals surface area contributed by atoms with Crippen molar-refractivity contribution in [2.45, 2.75) is 59.1 Å². The number of carbonyl (C=O) groups excluding carboxylic acids is 2. The summed E-state index contributed by atoms with van der Waals surface area (Å²) >= 11 is 0. The molecule has 210 valence electrons. The number of hydrogen-bond acceptors (Lipinski definition) is 7. The van der Waals surface area contributed by atoms with Crippen molar-refractivity contribution >= 4 is 29.2 Å². The smallest absolute Gasteiger partial charge is 0.410 e. The Morgan fingerprint density at radius 3 is 2.41 bits per heavy atom. The lowest BCUT2D eigenvalue weighted by molar-refractivity contribution is 0.0205. The molecule has 0 aliphatic carbocycles. The third kappa shape index (κ3) is 5.97. The molecule has 1 amide bonds. The average molecular weight is 536 g/mol. The molecule has 3 aromatic heterocycles. The molecule has 4 rings (SSSR count). The summed E-state index contributed by atoms with van der Waals surface area (Å²) in [7, 11) is 6.00. The summed E-state index contributed by atoms with van der Waals surface area (Å²) in [5, 5.41) is 0. The Kier molecular flexibility index (Phi) is 8.09. The Balaban J connectivity index is 1.72. The van der Waals surface area contributed by atoms with Gasteiger partial charge < -0.3 is 28.6 Å². The number of nitrogens with zero attached hydrogens (tertiary/aromatic N) is 5. The standard InChI is InChI=1S/C30H41N5O4/c1-9-38-28(36)24-19-25-23(21-10-14-31-26(18-21)32(6)7)13-17-35(25)27(20(24)2)33(8)22-11-15-34(16-12-22)29(37)39-30(3,4)5/h10,13-14,17-19,22H,9,11-12,15-16H2,1-8H3. The zero-order valence-electron chi connectivity index (χ0n) is 24.4. The van der Waals surface area contributed by atoms with Crippen LogP contribution in [-0.2, 0) is 9.47 Å². The van der Waals surface area contributed by atoms with Crippen LogP contribution in [-0.4, -0.2) is 78.8 Å². The molecule has 0 unspecified atom stereocenters. The third-order valence-corrected chi connectivity index (χ3v) is 7.18. The highest BCUT2D eigenvalue weighted by molar-refractivity contribution is 5.97. The molecule has 0 spiro atoms. The fraction of sp³-hybridized carbons (Fsp3) is 0.500. The Labute approximate surface area is 231 Å². The van der Waals surface area contributed by atoms with Crippen LogP contribution < -0.4 is 9.80 Å². The lowest BCUT2D eigenvalue weighted by Gasteiger charge is -2.39. The van der Waals surface area contributed by atoms with Gasteiger partial charge in [-0.15, -0.1) is 0 Å². The minimum absolute atomic E-state index is 0.190. The number of rotatable bonds is 6. The van der Waals surface area contributed by atoms with E-state index in [0.29, 0.717) is 25.3 Å². The van der Waals surface area contributed by atoms with Crippen LogP contribution in [0, 0.1) is 6.92 Å². The van der Waals surface area contributed by atoms with Crippen LogP contribution in [0.3, 0.4) is 0 Å². The van der Waals surface area contributed by atoms with Crippen molar-refractivity contribution in [2.75, 3.05) is 50.6 Å². The van der Waals surface area contributed by atoms with Gasteiger partial charge in [0.05, 0.1) is 17.7 Å². The van der Waals surface area contributed by atoms with Crippen molar-refractivity contribution in [3.63, 3.8) is 0 Å². The third-order valence-electron chi connectivity index (χ3n) is 7.18. The van der Waals surface area contributed by atoms with Crippen LogP contribution in [0.4, 0.5) is 16.4 Å². The molecule has 4 heterocycles. The van der Waals surface area contributed by atoms with Crippen molar-refractivity contribution in [1.82, 2.24) is 14.3 Å². The average Bonchev–Trinajstić information content (AvgIpc) is 3.30. The highest BCUT2D eigenvalue weighted by Crippen LogP contribution is 2.35. The molecule has 9 heteroatoms. The number of ether oxygens (including phenoxy) is 2. The molecule has 0 bridgehead atoms. The van der Waals surface area contributed by atoms with E-state index in [9.17, 15) is 9.59 Å². The second-order valence-corrected chi connectivity index (χ2v) is 11.3. The molecule has 9 nitrogen and oxygen atoms in total. The molecule has 0 radical (unpaired) electrons. The number of aromatic nitrogens is 2. The van der Waals surface area contributed by atoms with Crippen LogP contribution in [0.2, 0.25) is 0 Å². The summed E-state index contributed by atoms with van der Waals surface area (Å²) in [5.41, 5.74) is 3.86. The van der Waals surface area contributed by atoms with E-state index >= 15 is 0 Å². The number of hydrogen-bond donors (Lipinski definition) is 0. The van der Waals surface area contributed by atoms with Crippen LogP contribution in [0.25, 0.3) is 16.6 Å². The first kappa shape index (κ1) is 28.3. The van der Waals surface area contributed by atoms with Gasteiger partial charge in [0.2, 0.25) is 0 Å². The van der Waals surface area contributed by atoms with Gasteiger partial charge in [-0.2, -0.15) is 0 Å². The molecule has 0 saturated carbocycles. The maximum Gasteiger partial charge on any atom is 0.410 e. The number of pyridine rings is 2. The maximum atomic E-state index is 13.1. The van der Waals surface area contributed by atoms with Crippen molar-refractivity contribution in [2.24, 2.45) is 0 Å². The highest BCUT2D eigenvalue weighted by atomic mass is 16.6. The Morgan fingerprint density at radius 2 is 1.79 bits per heavy atom. The van der Waals surface area contributed by atoms with E-state index < -0.39 is 5.60 Å². The Hall–Kier alpha value is -3.75. The van der Waals surface area contributed by atoms with E-state index in [1.165, 1.54) is 0 Å². The predicted molar refractivity (Wildman–Crippen MR) is 155 cm³/mol. The number of fused-ring (bicyclic) bond motifs is 1. The van der Waals surface area contributed by atoms with Gasteiger partial charge in [-0.25, -0.2) is 14.6 Å². The quantitative estimate of drug-likeness (QED) is 0.392. The monoisotopic (exact) mass is 535 g/mol. The lowest BCUT2D eigenvalue weighted by Crippen LogP contribution is -2.47. The number of piperidine rings is 1. The van der Waals surface area contributed by atoms with Gasteiger partial charge in [-0.3, -0.25) is 0 Å². The van der Waals surface area contributed by atoms with Crippen molar-refractivity contribution in [3.8, 4) is 11.1 Å². The molecule has 0 atom stereocenters. The molecule has 1 aliphatic rings. The van der Waals surface area contributed by atoms with Crippen molar-refractivity contribution in [3.05, 3.63) is 47.8 Å². The summed E-state index contributed by atoms with van der Waals surface area (Å²) in [6.07, 6.45) is 5.19. The van der Waals surface area contributed by atoms with Crippen LogP contribution in [0.5, 0.6) is 0 Å². The molecule has 0 aromatic carbocycles. The van der Waals surface area contributed by atoms with E-state index in [0.717, 1.165) is 46.7 Å². The fourth-order valence-electron chi connectivity index (χ4n) is 5.19. The molecular weight excluding hydrogens is 494 g/mol. The minimum atomic E-state index is -0.519. The Bertz CT molecular complexity index is 1350. The van der Waals surface area contributed by atoms with E-state index in [-0.39, 0.29) is 18.1 Å². The molecule has 1 saturated heterocycles. The normalized spacial score (nSPS) is 14.4. The zero-order chi connectivity index (χ0) is 28.5. The van der Waals surface area contributed by atoms with Gasteiger partial charge in [0.25, 0.3) is 0 Å². The lowest BCUT2D eigenvalue weighted by atomic mass is 10.0. The summed E-state index contributed by atoms with van der Waals surface area (Å²) < 4.78 is 13.2. The zero-order valence-corrected chi connectivity index (χ0v) is 24.4. The van der Waals surface area contributed by atoms with E-state index in [4.69, 9.17) is 9.47 Å². The molecule has 1 aliphatic heterocycles. The molecular formula is C30H41N5O4. The van der Waals surface area contributed by atoms with Gasteiger partial charge in [-0.05, 0) is 77.3 Å². The van der Waals surface area contributed by atoms with Gasteiger partial charge in [0, 0.05) is 63.8 Å². The summed E-state index contributed by atoms with van der Waals surface area (Å²) in [5.74, 6) is 1.47. The topological polar surface area (TPSA) is 79.6 Å². The van der Waals surface area contributed by atoms with Crippen LogP contribution in [0.15, 0.2) is 36.7 Å². The largest absolute Gasteiger partial charge is 0.462 e. The van der Waals surface area contributed by atoms with E-state index in [1.54, 1.807) is 11.1 Å². The van der Waals surface area contributed by atoms with E-state index in [2.05, 4.69) is 39.7 Å². The summed E-state index contributed by atoms with van der Waals surface area (Å²) in [6, 6.07) is 8.24. The maximum absolute atomic E-state index is 13.1. The molecule has 1 fully saturated rings. The number of likely N-dealkylation sites (tertiary alicyclic amines) is 1. The molecule has 0 N–H and O–H groups in total. The summed E-state index contributed by atoms with van der Waals surface area (Å²) in [4.78, 5) is 36.1. The SMILES string of the molecule is CCOC(=O)c1cc2c(-c3ccnc(N(C)C)c3)ccn2c(N(C)C2CCN(C(=O)OC(C)(C)C)CC2)c1C. The van der Waals surface area contributed by atoms with Crippen molar-refractivity contribution < 1.29 is 19.1 Å². The number of carbonyl (C=O) groups is 2. The van der Waals surface area contributed by atoms with Crippen LogP contribution in [0.1, 0.15) is 56.5 Å². The summed E-state index contributed by atoms with van der Waals surface area (Å²) in [6.45, 7) is 11.0. The van der Waals surface area contributed by atoms with Gasteiger partial charge in [0.1, 0.15) is 17.2 Å². The van der Waals surface area contributed by atoms with Crippen LogP contribution >= 0.6 is 0 Å². The van der Waals surface area contributed by atoms with Gasteiger partial charge >= 0.3 is 12.1 Å². The second kappa shape index (κ2) is 11.2. The molecule has 3 aromatic rings. The first-order valence-corrected chi connectivity index (χ1v) is 13.6. The number of esters is 1. The second-order valence-electron chi connectivity index (χ2n) is 11.3. The van der Waals surface area contributed by atoms with Gasteiger partial charge in [-0.1, -0.05) is 0 Å². The number of anilines is 2. The first-order valence-electron chi connectivity index (χ1n) is 13.6. The highest BCUT2D eigenvalue weighted by Gasteiger charge is 2.31. The van der Waals surface area contributed by atoms with Gasteiger partial charge in [0.15, 0.2) is 0 Å². The fourth-order valence-corrected chi connectivity index (χ4v) is 5.19.